The fourth-order valence-electron chi connectivity index (χ4n) is 3.03. The summed E-state index contributed by atoms with van der Waals surface area (Å²) in [6, 6.07) is 0.608. The lowest BCUT2D eigenvalue weighted by atomic mass is 9.85. The van der Waals surface area contributed by atoms with E-state index < -0.39 is 0 Å². The number of hydrogen-bond acceptors (Lipinski definition) is 2. The van der Waals surface area contributed by atoms with E-state index in [-0.39, 0.29) is 11.3 Å². The first-order valence-electron chi connectivity index (χ1n) is 6.71. The number of carbonyl (C=O) groups is 1. The molecule has 1 amide bonds. The highest BCUT2D eigenvalue weighted by Gasteiger charge is 2.40. The summed E-state index contributed by atoms with van der Waals surface area (Å²) in [6.07, 6.45) is 8.16. The van der Waals surface area contributed by atoms with Gasteiger partial charge in [0.1, 0.15) is 0 Å². The van der Waals surface area contributed by atoms with Gasteiger partial charge in [-0.1, -0.05) is 19.8 Å². The summed E-state index contributed by atoms with van der Waals surface area (Å²) in [5.74, 6) is 0.763. The Balaban J connectivity index is 1.88. The van der Waals surface area contributed by atoms with Gasteiger partial charge in [0.05, 0.1) is 5.41 Å². The van der Waals surface area contributed by atoms with Crippen molar-refractivity contribution in [2.45, 2.75) is 57.9 Å². The maximum Gasteiger partial charge on any atom is 0.224 e. The Morgan fingerprint density at radius 3 is 2.50 bits per heavy atom. The van der Waals surface area contributed by atoms with E-state index in [0.29, 0.717) is 6.04 Å². The van der Waals surface area contributed by atoms with Crippen LogP contribution in [0.2, 0.25) is 0 Å². The molecule has 0 aromatic carbocycles. The van der Waals surface area contributed by atoms with Gasteiger partial charge in [0.25, 0.3) is 0 Å². The van der Waals surface area contributed by atoms with Gasteiger partial charge in [0.15, 0.2) is 0 Å². The monoisotopic (exact) mass is 224 g/mol. The molecule has 0 aromatic heterocycles. The first-order valence-corrected chi connectivity index (χ1v) is 6.71. The van der Waals surface area contributed by atoms with Gasteiger partial charge >= 0.3 is 0 Å². The molecule has 0 spiro atoms. The van der Waals surface area contributed by atoms with E-state index in [2.05, 4.69) is 12.2 Å². The zero-order chi connectivity index (χ0) is 11.6. The maximum absolute atomic E-state index is 11.6. The molecule has 0 aliphatic heterocycles. The summed E-state index contributed by atoms with van der Waals surface area (Å²) >= 11 is 0. The molecule has 92 valence electrons. The van der Waals surface area contributed by atoms with Crippen molar-refractivity contribution >= 4 is 5.91 Å². The Hall–Kier alpha value is -0.570. The first-order chi connectivity index (χ1) is 7.68. The molecule has 3 N–H and O–H groups in total. The quantitative estimate of drug-likeness (QED) is 0.723. The summed E-state index contributed by atoms with van der Waals surface area (Å²) < 4.78 is 0. The third-order valence-electron chi connectivity index (χ3n) is 4.42. The number of amides is 1. The van der Waals surface area contributed by atoms with Gasteiger partial charge in [-0.3, -0.25) is 4.79 Å². The molecule has 0 aromatic rings. The minimum Gasteiger partial charge on any atom is -0.369 e. The molecule has 2 saturated carbocycles. The standard InChI is InChI=1S/C13H24N2O/c1-2-11(10-5-6-10)15-9-13(12(14)16)7-3-4-8-13/h10-11,15H,2-9H2,1H3,(H2,14,16). The fourth-order valence-corrected chi connectivity index (χ4v) is 3.03. The molecule has 0 bridgehead atoms. The molecular formula is C13H24N2O. The SMILES string of the molecule is CCC(NCC1(C(N)=O)CCCC1)C1CC1. The third-order valence-corrected chi connectivity index (χ3v) is 4.42. The maximum atomic E-state index is 11.6. The van der Waals surface area contributed by atoms with Crippen LogP contribution in [-0.2, 0) is 4.79 Å². The molecular weight excluding hydrogens is 200 g/mol. The molecule has 0 saturated heterocycles. The lowest BCUT2D eigenvalue weighted by Gasteiger charge is -2.28. The van der Waals surface area contributed by atoms with Crippen molar-refractivity contribution in [3.05, 3.63) is 0 Å². The van der Waals surface area contributed by atoms with Gasteiger partial charge in [-0.05, 0) is 38.0 Å². The van der Waals surface area contributed by atoms with Gasteiger partial charge in [-0.25, -0.2) is 0 Å². The Labute approximate surface area is 98.2 Å². The number of carbonyl (C=O) groups excluding carboxylic acids is 1. The van der Waals surface area contributed by atoms with Gasteiger partial charge in [-0.15, -0.1) is 0 Å². The average Bonchev–Trinajstić information content (AvgIpc) is 2.97. The normalized spacial score (nSPS) is 25.6. The summed E-state index contributed by atoms with van der Waals surface area (Å²) in [5.41, 5.74) is 5.34. The predicted molar refractivity (Wildman–Crippen MR) is 64.9 cm³/mol. The van der Waals surface area contributed by atoms with Crippen LogP contribution >= 0.6 is 0 Å². The second-order valence-corrected chi connectivity index (χ2v) is 5.58. The van der Waals surface area contributed by atoms with Crippen molar-refractivity contribution in [2.24, 2.45) is 17.1 Å². The molecule has 16 heavy (non-hydrogen) atoms. The van der Waals surface area contributed by atoms with Crippen LogP contribution in [0.3, 0.4) is 0 Å². The van der Waals surface area contributed by atoms with Crippen LogP contribution in [0, 0.1) is 11.3 Å². The van der Waals surface area contributed by atoms with Crippen molar-refractivity contribution in [1.29, 1.82) is 0 Å². The highest BCUT2D eigenvalue weighted by Crippen LogP contribution is 2.39. The first kappa shape index (κ1) is 11.9. The van der Waals surface area contributed by atoms with E-state index in [9.17, 15) is 4.79 Å². The highest BCUT2D eigenvalue weighted by molar-refractivity contribution is 5.81. The highest BCUT2D eigenvalue weighted by atomic mass is 16.1. The second-order valence-electron chi connectivity index (χ2n) is 5.58. The molecule has 0 radical (unpaired) electrons. The van der Waals surface area contributed by atoms with Crippen LogP contribution in [0.25, 0.3) is 0 Å². The fraction of sp³-hybridized carbons (Fsp3) is 0.923. The van der Waals surface area contributed by atoms with Crippen molar-refractivity contribution in [3.8, 4) is 0 Å². The molecule has 1 atom stereocenters. The van der Waals surface area contributed by atoms with Crippen LogP contribution in [-0.4, -0.2) is 18.5 Å². The topological polar surface area (TPSA) is 55.1 Å². The van der Waals surface area contributed by atoms with Gasteiger partial charge in [0, 0.05) is 12.6 Å². The van der Waals surface area contributed by atoms with Crippen molar-refractivity contribution in [2.75, 3.05) is 6.54 Å². The Morgan fingerprint density at radius 2 is 2.06 bits per heavy atom. The number of nitrogens with two attached hydrogens (primary N) is 1. The van der Waals surface area contributed by atoms with Crippen LogP contribution in [0.5, 0.6) is 0 Å². The molecule has 2 aliphatic rings. The van der Waals surface area contributed by atoms with Crippen molar-refractivity contribution in [3.63, 3.8) is 0 Å². The van der Waals surface area contributed by atoms with E-state index in [4.69, 9.17) is 5.73 Å². The second kappa shape index (κ2) is 4.74. The lowest BCUT2D eigenvalue weighted by Crippen LogP contribution is -2.46. The molecule has 3 nitrogen and oxygen atoms in total. The van der Waals surface area contributed by atoms with Crippen molar-refractivity contribution in [1.82, 2.24) is 5.32 Å². The van der Waals surface area contributed by atoms with E-state index in [1.165, 1.54) is 19.3 Å². The summed E-state index contributed by atoms with van der Waals surface area (Å²) in [7, 11) is 0. The van der Waals surface area contributed by atoms with Crippen LogP contribution < -0.4 is 11.1 Å². The molecule has 0 heterocycles. The summed E-state index contributed by atoms with van der Waals surface area (Å²) in [6.45, 7) is 3.03. The van der Waals surface area contributed by atoms with Crippen LogP contribution in [0.4, 0.5) is 0 Å². The molecule has 2 aliphatic carbocycles. The largest absolute Gasteiger partial charge is 0.369 e. The van der Waals surface area contributed by atoms with E-state index >= 15 is 0 Å². The van der Waals surface area contributed by atoms with Gasteiger partial charge < -0.3 is 11.1 Å². The molecule has 1 unspecified atom stereocenters. The number of rotatable bonds is 6. The molecule has 2 fully saturated rings. The van der Waals surface area contributed by atoms with E-state index in [0.717, 1.165) is 38.1 Å². The molecule has 3 heteroatoms. The molecule has 2 rings (SSSR count). The zero-order valence-electron chi connectivity index (χ0n) is 10.3. The van der Waals surface area contributed by atoms with Crippen molar-refractivity contribution < 1.29 is 4.79 Å². The van der Waals surface area contributed by atoms with Crippen LogP contribution in [0.1, 0.15) is 51.9 Å². The van der Waals surface area contributed by atoms with Gasteiger partial charge in [0.2, 0.25) is 5.91 Å². The minimum atomic E-state index is -0.234. The third kappa shape index (κ3) is 2.40. The number of nitrogens with one attached hydrogen (secondary N) is 1. The van der Waals surface area contributed by atoms with E-state index in [1.807, 2.05) is 0 Å². The number of hydrogen-bond donors (Lipinski definition) is 2. The van der Waals surface area contributed by atoms with E-state index in [1.54, 1.807) is 0 Å². The number of primary amides is 1. The van der Waals surface area contributed by atoms with Crippen LogP contribution in [0.15, 0.2) is 0 Å². The Kier molecular flexibility index (Phi) is 3.53. The lowest BCUT2D eigenvalue weighted by molar-refractivity contribution is -0.127. The minimum absolute atomic E-state index is 0.0943. The average molecular weight is 224 g/mol. The van der Waals surface area contributed by atoms with Gasteiger partial charge in [-0.2, -0.15) is 0 Å². The summed E-state index contributed by atoms with van der Waals surface area (Å²) in [5, 5.41) is 3.59. The predicted octanol–water partition coefficient (Wildman–Crippen LogP) is 1.81. The zero-order valence-corrected chi connectivity index (χ0v) is 10.3. The Bertz CT molecular complexity index is 255. The Morgan fingerprint density at radius 1 is 1.44 bits per heavy atom. The summed E-state index contributed by atoms with van der Waals surface area (Å²) in [4.78, 5) is 11.6. The smallest absolute Gasteiger partial charge is 0.224 e.